The predicted octanol–water partition coefficient (Wildman–Crippen LogP) is 4.53. The van der Waals surface area contributed by atoms with Gasteiger partial charge in [0.15, 0.2) is 11.5 Å². The molecule has 0 saturated heterocycles. The molecule has 29 heavy (non-hydrogen) atoms. The van der Waals surface area contributed by atoms with E-state index in [-0.39, 0.29) is 17.1 Å². The van der Waals surface area contributed by atoms with Gasteiger partial charge in [-0.1, -0.05) is 56.4 Å². The normalized spacial score (nSPS) is 15.2. The molecule has 0 unspecified atom stereocenters. The van der Waals surface area contributed by atoms with Gasteiger partial charge in [0, 0.05) is 17.2 Å². The maximum atomic E-state index is 12.9. The molecule has 0 fully saturated rings. The summed E-state index contributed by atoms with van der Waals surface area (Å²) in [6, 6.07) is 8.57. The molecule has 0 radical (unpaired) electrons. The number of carbonyl (C=O) groups is 1. The first-order valence-electron chi connectivity index (χ1n) is 9.38. The second kappa shape index (κ2) is 7.05. The average Bonchev–Trinajstić information content (AvgIpc) is 3.03. The van der Waals surface area contributed by atoms with Crippen LogP contribution >= 0.6 is 0 Å². The zero-order valence-corrected chi connectivity index (χ0v) is 16.5. The molecule has 4 rings (SSSR count). The van der Waals surface area contributed by atoms with E-state index in [1.54, 1.807) is 22.6 Å². The van der Waals surface area contributed by atoms with Gasteiger partial charge < -0.3 is 10.4 Å². The van der Waals surface area contributed by atoms with E-state index in [0.717, 1.165) is 11.1 Å². The van der Waals surface area contributed by atoms with Crippen LogP contribution in [0.5, 0.6) is 5.75 Å². The number of phenols is 1. The molecule has 1 aliphatic carbocycles. The minimum absolute atomic E-state index is 0.0237. The third-order valence-corrected chi connectivity index (χ3v) is 4.92. The Morgan fingerprint density at radius 3 is 2.76 bits per heavy atom. The minimum atomic E-state index is -0.356. The number of carbonyl (C=O) groups excluding carboxylic acids is 1. The number of pyridine rings is 1. The van der Waals surface area contributed by atoms with Gasteiger partial charge in [-0.2, -0.15) is 0 Å². The maximum absolute atomic E-state index is 12.9. The number of para-hydroxylation sites is 1. The summed E-state index contributed by atoms with van der Waals surface area (Å²) in [5, 5.41) is 21.4. The first kappa shape index (κ1) is 18.7. The lowest BCUT2D eigenvalue weighted by Gasteiger charge is -2.12. The summed E-state index contributed by atoms with van der Waals surface area (Å²) in [5.74, 6) is 0.327. The van der Waals surface area contributed by atoms with E-state index >= 15 is 0 Å². The lowest BCUT2D eigenvalue weighted by molar-refractivity contribution is 0.102. The molecule has 0 atom stereocenters. The number of hydrogen-bond acceptors (Lipinski definition) is 4. The van der Waals surface area contributed by atoms with E-state index in [1.807, 2.05) is 37.4 Å². The monoisotopic (exact) mass is 386 g/mol. The Balaban J connectivity index is 1.72. The van der Waals surface area contributed by atoms with Crippen LogP contribution in [0.4, 0.5) is 5.69 Å². The first-order chi connectivity index (χ1) is 13.9. The lowest BCUT2D eigenvalue weighted by atomic mass is 9.93. The molecule has 0 aliphatic heterocycles. The van der Waals surface area contributed by atoms with Crippen molar-refractivity contribution in [2.75, 3.05) is 5.32 Å². The highest BCUT2D eigenvalue weighted by Gasteiger charge is 2.19. The van der Waals surface area contributed by atoms with E-state index < -0.39 is 0 Å². The van der Waals surface area contributed by atoms with E-state index in [1.165, 1.54) is 6.07 Å². The van der Waals surface area contributed by atoms with E-state index in [9.17, 15) is 9.90 Å². The van der Waals surface area contributed by atoms with Gasteiger partial charge in [-0.05, 0) is 30.7 Å². The topological polar surface area (TPSA) is 79.5 Å². The molecule has 1 aliphatic rings. The Labute approximate surface area is 168 Å². The molecular formula is C23H22N4O2. The van der Waals surface area contributed by atoms with Crippen LogP contribution < -0.4 is 5.32 Å². The Hall–Kier alpha value is -3.67. The number of rotatable bonds is 3. The third-order valence-electron chi connectivity index (χ3n) is 4.92. The predicted molar refractivity (Wildman–Crippen MR) is 114 cm³/mol. The zero-order chi connectivity index (χ0) is 20.6. The van der Waals surface area contributed by atoms with Gasteiger partial charge in [0.2, 0.25) is 0 Å². The molecule has 1 amide bonds. The number of benzene rings is 1. The van der Waals surface area contributed by atoms with Crippen LogP contribution in [-0.2, 0) is 0 Å². The van der Waals surface area contributed by atoms with E-state index in [0.29, 0.717) is 22.7 Å². The van der Waals surface area contributed by atoms with Crippen molar-refractivity contribution in [2.45, 2.75) is 20.8 Å². The molecule has 3 aromatic rings. The Morgan fingerprint density at radius 1 is 1.14 bits per heavy atom. The molecule has 0 saturated carbocycles. The van der Waals surface area contributed by atoms with Gasteiger partial charge in [0.1, 0.15) is 5.75 Å². The van der Waals surface area contributed by atoms with E-state index in [4.69, 9.17) is 0 Å². The molecular weight excluding hydrogens is 364 g/mol. The van der Waals surface area contributed by atoms with Crippen molar-refractivity contribution in [2.24, 2.45) is 5.41 Å². The van der Waals surface area contributed by atoms with Crippen molar-refractivity contribution in [1.82, 2.24) is 14.6 Å². The second-order valence-electron chi connectivity index (χ2n) is 7.70. The molecule has 6 heteroatoms. The molecule has 2 N–H and O–H groups in total. The van der Waals surface area contributed by atoms with E-state index in [2.05, 4.69) is 41.5 Å². The average molecular weight is 386 g/mol. The molecule has 2 heterocycles. The number of anilines is 1. The molecule has 0 spiro atoms. The Kier molecular flexibility index (Phi) is 4.54. The summed E-state index contributed by atoms with van der Waals surface area (Å²) in [6.45, 7) is 6.08. The fraction of sp³-hybridized carbons (Fsp3) is 0.174. The lowest BCUT2D eigenvalue weighted by Crippen LogP contribution is -2.14. The summed E-state index contributed by atoms with van der Waals surface area (Å²) in [7, 11) is 0. The number of aryl methyl sites for hydroxylation is 1. The number of allylic oxidation sites excluding steroid dienone is 6. The SMILES string of the molecule is Cc1cccc(O)c1NC(=O)c1cccn2c(C3=CC=CC(C)(C)C=C3)nnc12. The van der Waals surface area contributed by atoms with Crippen LogP contribution in [0, 0.1) is 12.3 Å². The van der Waals surface area contributed by atoms with Crippen molar-refractivity contribution >= 4 is 22.8 Å². The van der Waals surface area contributed by atoms with Gasteiger partial charge in [0.25, 0.3) is 5.91 Å². The largest absolute Gasteiger partial charge is 0.506 e. The van der Waals surface area contributed by atoms with Crippen LogP contribution in [0.1, 0.15) is 35.6 Å². The molecule has 6 nitrogen and oxygen atoms in total. The van der Waals surface area contributed by atoms with Crippen LogP contribution in [0.25, 0.3) is 11.2 Å². The van der Waals surface area contributed by atoms with Gasteiger partial charge in [0.05, 0.1) is 11.3 Å². The van der Waals surface area contributed by atoms with Crippen LogP contribution in [0.15, 0.2) is 66.9 Å². The second-order valence-corrected chi connectivity index (χ2v) is 7.70. The fourth-order valence-corrected chi connectivity index (χ4v) is 3.25. The van der Waals surface area contributed by atoms with Crippen LogP contribution in [-0.4, -0.2) is 25.6 Å². The highest BCUT2D eigenvalue weighted by molar-refractivity contribution is 6.09. The van der Waals surface area contributed by atoms with Gasteiger partial charge >= 0.3 is 0 Å². The summed E-state index contributed by atoms with van der Waals surface area (Å²) < 4.78 is 1.80. The number of amides is 1. The third kappa shape index (κ3) is 3.57. The number of phenolic OH excluding ortho intramolecular Hbond substituents is 1. The number of aromatic hydroxyl groups is 1. The highest BCUT2D eigenvalue weighted by Crippen LogP contribution is 2.29. The number of fused-ring (bicyclic) bond motifs is 1. The standard InChI is InChI=1S/C23H22N4O2/c1-15-7-4-10-18(28)19(15)24-22(29)17-9-6-14-27-20(25-26-21(17)27)16-8-5-12-23(2,3)13-11-16/h4-14,28H,1-3H3,(H,24,29). The summed E-state index contributed by atoms with van der Waals surface area (Å²) in [4.78, 5) is 12.9. The molecule has 146 valence electrons. The minimum Gasteiger partial charge on any atom is -0.506 e. The van der Waals surface area contributed by atoms with Crippen molar-refractivity contribution in [1.29, 1.82) is 0 Å². The summed E-state index contributed by atoms with van der Waals surface area (Å²) in [6.07, 6.45) is 12.1. The van der Waals surface area contributed by atoms with Gasteiger partial charge in [-0.3, -0.25) is 9.20 Å². The molecule has 1 aromatic carbocycles. The number of aromatic nitrogens is 3. The number of nitrogens with zero attached hydrogens (tertiary/aromatic N) is 3. The van der Waals surface area contributed by atoms with Crippen molar-refractivity contribution in [3.63, 3.8) is 0 Å². The van der Waals surface area contributed by atoms with Crippen molar-refractivity contribution in [3.05, 3.63) is 83.9 Å². The Morgan fingerprint density at radius 2 is 1.97 bits per heavy atom. The summed E-state index contributed by atoms with van der Waals surface area (Å²) >= 11 is 0. The smallest absolute Gasteiger partial charge is 0.259 e. The Bertz CT molecular complexity index is 1180. The number of hydrogen-bond donors (Lipinski definition) is 2. The van der Waals surface area contributed by atoms with Gasteiger partial charge in [-0.25, -0.2) is 0 Å². The molecule has 0 bridgehead atoms. The zero-order valence-electron chi connectivity index (χ0n) is 16.5. The summed E-state index contributed by atoms with van der Waals surface area (Å²) in [5.41, 5.74) is 2.86. The van der Waals surface area contributed by atoms with Crippen molar-refractivity contribution < 1.29 is 9.90 Å². The van der Waals surface area contributed by atoms with Crippen molar-refractivity contribution in [3.8, 4) is 5.75 Å². The van der Waals surface area contributed by atoms with Crippen LogP contribution in [0.3, 0.4) is 0 Å². The fourth-order valence-electron chi connectivity index (χ4n) is 3.25. The quantitative estimate of drug-likeness (QED) is 0.648. The number of nitrogens with one attached hydrogen (secondary N) is 1. The highest BCUT2D eigenvalue weighted by atomic mass is 16.3. The maximum Gasteiger partial charge on any atom is 0.259 e. The first-order valence-corrected chi connectivity index (χ1v) is 9.38. The molecule has 2 aromatic heterocycles. The van der Waals surface area contributed by atoms with Gasteiger partial charge in [-0.15, -0.1) is 10.2 Å². The van der Waals surface area contributed by atoms with Crippen LogP contribution in [0.2, 0.25) is 0 Å².